The first-order chi connectivity index (χ1) is 25.2. The van der Waals surface area contributed by atoms with Crippen molar-refractivity contribution in [2.75, 3.05) is 0 Å². The van der Waals surface area contributed by atoms with E-state index in [0.29, 0.717) is 16.5 Å². The number of benzene rings is 8. The third-order valence-electron chi connectivity index (χ3n) is 11.8. The fourth-order valence-corrected chi connectivity index (χ4v) is 9.69. The maximum atomic E-state index is 15.1. The van der Waals surface area contributed by atoms with Crippen molar-refractivity contribution in [1.82, 2.24) is 4.57 Å². The summed E-state index contributed by atoms with van der Waals surface area (Å²) in [5.74, 6) is 0. The lowest BCUT2D eigenvalue weighted by Crippen LogP contribution is -2.23. The molecule has 0 saturated carbocycles. The number of hydrogen-bond donors (Lipinski definition) is 0. The van der Waals surface area contributed by atoms with Gasteiger partial charge in [-0.15, -0.1) is 0 Å². The Labute approximate surface area is 308 Å². The van der Waals surface area contributed by atoms with E-state index in [2.05, 4.69) is 133 Å². The molecule has 0 fully saturated rings. The van der Waals surface area contributed by atoms with Crippen molar-refractivity contribution in [3.63, 3.8) is 0 Å². The van der Waals surface area contributed by atoms with Crippen LogP contribution in [0.4, 0.5) is 0 Å². The van der Waals surface area contributed by atoms with E-state index in [0.717, 1.165) is 54.9 Å². The van der Waals surface area contributed by atoms with E-state index in [9.17, 15) is 0 Å². The molecule has 10 aromatic rings. The molecule has 3 heteroatoms. The summed E-state index contributed by atoms with van der Waals surface area (Å²) in [6.07, 6.45) is 0. The molecule has 1 heterocycles. The van der Waals surface area contributed by atoms with E-state index >= 15 is 9.59 Å². The average molecular weight is 688 g/mol. The van der Waals surface area contributed by atoms with Crippen molar-refractivity contribution in [3.05, 3.63) is 146 Å². The molecule has 3 nitrogen and oxygen atoms in total. The van der Waals surface area contributed by atoms with Crippen molar-refractivity contribution in [1.29, 1.82) is 0 Å². The van der Waals surface area contributed by atoms with Crippen molar-refractivity contribution in [2.45, 2.75) is 66.2 Å². The minimum absolute atomic E-state index is 0.113. The van der Waals surface area contributed by atoms with E-state index in [4.69, 9.17) is 0 Å². The molecule has 0 N–H and O–H groups in total. The Bertz CT molecular complexity index is 3030. The quantitative estimate of drug-likeness (QED) is 0.173. The third-order valence-corrected chi connectivity index (χ3v) is 11.8. The maximum Gasteiger partial charge on any atom is 0.266 e. The second-order valence-electron chi connectivity index (χ2n) is 17.4. The highest BCUT2D eigenvalue weighted by Crippen LogP contribution is 2.54. The number of aryl methyl sites for hydroxylation is 2. The van der Waals surface area contributed by atoms with Crippen LogP contribution in [-0.2, 0) is 10.8 Å². The summed E-state index contributed by atoms with van der Waals surface area (Å²) in [6, 6.07) is 36.8. The summed E-state index contributed by atoms with van der Waals surface area (Å²) in [5.41, 5.74) is 8.88. The highest BCUT2D eigenvalue weighted by Gasteiger charge is 2.31. The fourth-order valence-electron chi connectivity index (χ4n) is 9.69. The Morgan fingerprint density at radius 3 is 1.26 bits per heavy atom. The molecule has 258 valence electrons. The molecule has 0 aliphatic heterocycles. The van der Waals surface area contributed by atoms with E-state index in [1.54, 1.807) is 0 Å². The Kier molecular flexibility index (Phi) is 6.27. The monoisotopic (exact) mass is 687 g/mol. The van der Waals surface area contributed by atoms with Crippen LogP contribution in [0.1, 0.15) is 63.8 Å². The molecular formula is C50H41NO2. The lowest BCUT2D eigenvalue weighted by molar-refractivity contribution is 0.592. The summed E-state index contributed by atoms with van der Waals surface area (Å²) in [6.45, 7) is 17.6. The highest BCUT2D eigenvalue weighted by atomic mass is 16.2. The molecular weight excluding hydrogens is 647 g/mol. The van der Waals surface area contributed by atoms with E-state index in [1.165, 1.54) is 48.0 Å². The molecule has 0 radical (unpaired) electrons. The van der Waals surface area contributed by atoms with Crippen LogP contribution >= 0.6 is 0 Å². The first kappa shape index (κ1) is 31.9. The van der Waals surface area contributed by atoms with Gasteiger partial charge in [-0.2, -0.15) is 0 Å². The van der Waals surface area contributed by atoms with Gasteiger partial charge in [-0.3, -0.25) is 9.59 Å². The number of rotatable bonds is 3. The number of fused-ring (bicyclic) bond motifs is 3. The van der Waals surface area contributed by atoms with Crippen LogP contribution in [0.3, 0.4) is 0 Å². The Balaban J connectivity index is 1.50. The highest BCUT2D eigenvalue weighted by molar-refractivity contribution is 6.50. The van der Waals surface area contributed by atoms with Crippen molar-refractivity contribution < 1.29 is 0 Å². The van der Waals surface area contributed by atoms with Crippen LogP contribution in [0, 0.1) is 13.8 Å². The second kappa shape index (κ2) is 10.4. The molecule has 53 heavy (non-hydrogen) atoms. The molecule has 1 aromatic heterocycles. The molecule has 0 atom stereocenters. The van der Waals surface area contributed by atoms with Gasteiger partial charge in [0.05, 0.1) is 16.5 Å². The number of hydrogen-bond acceptors (Lipinski definition) is 2. The van der Waals surface area contributed by atoms with E-state index in [1.807, 2.05) is 26.0 Å². The number of aromatic nitrogens is 1. The standard InChI is InChI=1S/C50H41NO2/c1-26-21-27(2)23-29(22-26)51-47(52)45-36-24-34(30-13-9-11-15-38(30)49(3,4)5)32-19-17-28-18-20-33-35(31-14-10-12-16-39(31)50(6,7)8)25-37(46(45)48(51)53)44-42(33)40(28)41(32)43(36)44/h9-25H,1-8H3. The molecule has 0 saturated heterocycles. The first-order valence-electron chi connectivity index (χ1n) is 18.7. The summed E-state index contributed by atoms with van der Waals surface area (Å²) in [4.78, 5) is 30.2. The predicted molar refractivity (Wildman–Crippen MR) is 226 cm³/mol. The molecule has 0 unspecified atom stereocenters. The Morgan fingerprint density at radius 2 is 0.830 bits per heavy atom. The first-order valence-corrected chi connectivity index (χ1v) is 18.7. The van der Waals surface area contributed by atoms with Gasteiger partial charge in [-0.05, 0) is 147 Å². The van der Waals surface area contributed by atoms with Crippen molar-refractivity contribution >= 4 is 64.6 Å². The molecule has 0 amide bonds. The molecule has 0 aliphatic carbocycles. The number of nitrogens with zero attached hydrogens (tertiary/aromatic N) is 1. The SMILES string of the molecule is Cc1cc(C)cc(-n2c(=O)c3c4cc(-c5ccccc5C(C)(C)C)c5ccc6ccc7c(-c8ccccc8C(C)(C)C)cc(c3c2=O)c2c7c6c5c42)c1. The molecule has 0 bridgehead atoms. The van der Waals surface area contributed by atoms with Crippen LogP contribution in [0.2, 0.25) is 0 Å². The minimum Gasteiger partial charge on any atom is -0.268 e. The summed E-state index contributed by atoms with van der Waals surface area (Å²) >= 11 is 0. The van der Waals surface area contributed by atoms with Gasteiger partial charge in [-0.25, -0.2) is 4.57 Å². The van der Waals surface area contributed by atoms with E-state index in [-0.39, 0.29) is 21.9 Å². The van der Waals surface area contributed by atoms with Gasteiger partial charge in [0.2, 0.25) is 0 Å². The van der Waals surface area contributed by atoms with Gasteiger partial charge in [0.1, 0.15) is 0 Å². The van der Waals surface area contributed by atoms with Gasteiger partial charge < -0.3 is 0 Å². The summed E-state index contributed by atoms with van der Waals surface area (Å²) in [5, 5.41) is 12.0. The van der Waals surface area contributed by atoms with E-state index < -0.39 is 0 Å². The Morgan fingerprint density at radius 1 is 0.415 bits per heavy atom. The van der Waals surface area contributed by atoms with Crippen LogP contribution in [-0.4, -0.2) is 4.57 Å². The van der Waals surface area contributed by atoms with Gasteiger partial charge >= 0.3 is 0 Å². The van der Waals surface area contributed by atoms with Crippen molar-refractivity contribution in [3.8, 4) is 27.9 Å². The lowest BCUT2D eigenvalue weighted by atomic mass is 9.80. The second-order valence-corrected chi connectivity index (χ2v) is 17.4. The predicted octanol–water partition coefficient (Wildman–Crippen LogP) is 12.4. The summed E-state index contributed by atoms with van der Waals surface area (Å²) < 4.78 is 1.43. The van der Waals surface area contributed by atoms with Crippen LogP contribution in [0.5, 0.6) is 0 Å². The summed E-state index contributed by atoms with van der Waals surface area (Å²) in [7, 11) is 0. The topological polar surface area (TPSA) is 39.1 Å². The van der Waals surface area contributed by atoms with Gasteiger partial charge in [0.15, 0.2) is 0 Å². The zero-order valence-electron chi connectivity index (χ0n) is 31.6. The normalized spacial score (nSPS) is 13.1. The molecule has 10 rings (SSSR count). The largest absolute Gasteiger partial charge is 0.268 e. The fraction of sp³-hybridized carbons (Fsp3) is 0.200. The van der Waals surface area contributed by atoms with Crippen LogP contribution in [0.15, 0.2) is 113 Å². The van der Waals surface area contributed by atoms with Gasteiger partial charge in [0, 0.05) is 0 Å². The molecule has 0 aliphatic rings. The molecule has 0 spiro atoms. The minimum atomic E-state index is -0.258. The van der Waals surface area contributed by atoms with Crippen molar-refractivity contribution in [2.24, 2.45) is 0 Å². The smallest absolute Gasteiger partial charge is 0.266 e. The van der Waals surface area contributed by atoms with Crippen LogP contribution in [0.25, 0.3) is 92.6 Å². The third kappa shape index (κ3) is 4.22. The Hall–Kier alpha value is -5.80. The van der Waals surface area contributed by atoms with Gasteiger partial charge in [-0.1, -0.05) is 120 Å². The van der Waals surface area contributed by atoms with Crippen LogP contribution < -0.4 is 11.1 Å². The van der Waals surface area contributed by atoms with Gasteiger partial charge in [0.25, 0.3) is 11.1 Å². The molecule has 9 aromatic carbocycles. The average Bonchev–Trinajstić information content (AvgIpc) is 3.61. The zero-order valence-corrected chi connectivity index (χ0v) is 31.6. The lowest BCUT2D eigenvalue weighted by Gasteiger charge is -2.24. The zero-order chi connectivity index (χ0) is 36.9. The maximum absolute atomic E-state index is 15.1.